The van der Waals surface area contributed by atoms with Crippen LogP contribution in [0.25, 0.3) is 0 Å². The Balaban J connectivity index is 2.37. The van der Waals surface area contributed by atoms with Crippen molar-refractivity contribution in [1.82, 2.24) is 15.0 Å². The topological polar surface area (TPSA) is 83.2 Å². The highest BCUT2D eigenvalue weighted by molar-refractivity contribution is 7.09. The fraction of sp³-hybridized carbons (Fsp3) is 0.462. The van der Waals surface area contributed by atoms with E-state index in [4.69, 9.17) is 5.84 Å². The summed E-state index contributed by atoms with van der Waals surface area (Å²) < 4.78 is 0. The Labute approximate surface area is 128 Å². The van der Waals surface area contributed by atoms with E-state index in [2.05, 4.69) is 50.6 Å². The van der Waals surface area contributed by atoms with E-state index in [1.807, 2.05) is 25.1 Å². The summed E-state index contributed by atoms with van der Waals surface area (Å²) in [5.74, 6) is 7.01. The van der Waals surface area contributed by atoms with Crippen LogP contribution >= 0.6 is 11.3 Å². The van der Waals surface area contributed by atoms with Crippen molar-refractivity contribution in [3.8, 4) is 0 Å². The van der Waals surface area contributed by atoms with E-state index >= 15 is 0 Å². The molecule has 0 bridgehead atoms. The van der Waals surface area contributed by atoms with E-state index in [-0.39, 0.29) is 6.04 Å². The molecule has 0 aliphatic carbocycles. The molecule has 0 unspecified atom stereocenters. The molecule has 0 atom stereocenters. The third kappa shape index (κ3) is 3.79. The molecule has 8 heteroatoms. The van der Waals surface area contributed by atoms with E-state index in [9.17, 15) is 0 Å². The largest absolute Gasteiger partial charge is 0.347 e. The fourth-order valence-corrected chi connectivity index (χ4v) is 2.50. The summed E-state index contributed by atoms with van der Waals surface area (Å²) in [6, 6.07) is 4.41. The molecule has 0 aromatic carbocycles. The molecule has 0 saturated heterocycles. The first-order valence-corrected chi connectivity index (χ1v) is 7.58. The highest BCUT2D eigenvalue weighted by atomic mass is 32.1. The quantitative estimate of drug-likeness (QED) is 0.621. The molecule has 2 aromatic heterocycles. The van der Waals surface area contributed by atoms with E-state index in [1.54, 1.807) is 11.3 Å². The van der Waals surface area contributed by atoms with Crippen LogP contribution in [0.1, 0.15) is 18.7 Å². The lowest BCUT2D eigenvalue weighted by molar-refractivity contribution is 0.662. The second kappa shape index (κ2) is 6.68. The minimum absolute atomic E-state index is 0.259. The third-order valence-electron chi connectivity index (χ3n) is 2.93. The molecule has 2 aromatic rings. The molecular weight excluding hydrogens is 286 g/mol. The maximum Gasteiger partial charge on any atom is 0.243 e. The molecule has 7 nitrogen and oxygen atoms in total. The molecule has 0 radical (unpaired) electrons. The van der Waals surface area contributed by atoms with Crippen molar-refractivity contribution >= 4 is 29.2 Å². The maximum atomic E-state index is 5.46. The molecule has 0 aliphatic heterocycles. The fourth-order valence-electron chi connectivity index (χ4n) is 1.80. The number of hydrogen-bond acceptors (Lipinski definition) is 8. The standard InChI is InChI=1S/C13H21N7S/c1-9(2)20(8-10-6-5-7-21-10)13-16-11(18-14)15-12(17-13)19(3)4/h5-7,9H,8,14H2,1-4H3,(H,15,16,17,18). The molecule has 0 spiro atoms. The maximum absolute atomic E-state index is 5.46. The van der Waals surface area contributed by atoms with Crippen LogP contribution in [0, 0.1) is 0 Å². The van der Waals surface area contributed by atoms with Crippen LogP contribution in [-0.4, -0.2) is 35.1 Å². The van der Waals surface area contributed by atoms with Gasteiger partial charge in [-0.1, -0.05) is 6.07 Å². The minimum Gasteiger partial charge on any atom is -0.347 e. The Hall–Kier alpha value is -1.93. The number of aromatic nitrogens is 3. The van der Waals surface area contributed by atoms with Crippen LogP contribution in [0.15, 0.2) is 17.5 Å². The third-order valence-corrected chi connectivity index (χ3v) is 3.79. The zero-order valence-corrected chi connectivity index (χ0v) is 13.6. The van der Waals surface area contributed by atoms with Gasteiger partial charge in [-0.25, -0.2) is 5.84 Å². The predicted octanol–water partition coefficient (Wildman–Crippen LogP) is 1.70. The molecule has 0 saturated carbocycles. The van der Waals surface area contributed by atoms with Gasteiger partial charge in [-0.2, -0.15) is 15.0 Å². The number of nitrogens with zero attached hydrogens (tertiary/aromatic N) is 5. The lowest BCUT2D eigenvalue weighted by atomic mass is 10.3. The van der Waals surface area contributed by atoms with Crippen molar-refractivity contribution in [3.05, 3.63) is 22.4 Å². The van der Waals surface area contributed by atoms with Crippen LogP contribution in [-0.2, 0) is 6.54 Å². The SMILES string of the molecule is CC(C)N(Cc1cccs1)c1nc(NN)nc(N(C)C)n1. The van der Waals surface area contributed by atoms with Crippen molar-refractivity contribution in [2.75, 3.05) is 29.3 Å². The van der Waals surface area contributed by atoms with Gasteiger partial charge < -0.3 is 9.80 Å². The average molecular weight is 307 g/mol. The number of thiophene rings is 1. The number of nitrogen functional groups attached to an aromatic ring is 1. The van der Waals surface area contributed by atoms with Crippen LogP contribution in [0.2, 0.25) is 0 Å². The number of nitrogens with two attached hydrogens (primary N) is 1. The lowest BCUT2D eigenvalue weighted by Crippen LogP contribution is -2.32. The van der Waals surface area contributed by atoms with Gasteiger partial charge in [-0.05, 0) is 25.3 Å². The van der Waals surface area contributed by atoms with Crippen molar-refractivity contribution in [2.45, 2.75) is 26.4 Å². The van der Waals surface area contributed by atoms with E-state index in [1.165, 1.54) is 4.88 Å². The van der Waals surface area contributed by atoms with Gasteiger partial charge in [0.05, 0.1) is 6.54 Å². The summed E-state index contributed by atoms with van der Waals surface area (Å²) in [7, 11) is 3.77. The van der Waals surface area contributed by atoms with Gasteiger partial charge in [-0.15, -0.1) is 11.3 Å². The molecule has 2 rings (SSSR count). The first-order chi connectivity index (χ1) is 10.0. The summed E-state index contributed by atoms with van der Waals surface area (Å²) in [4.78, 5) is 18.4. The second-order valence-corrected chi connectivity index (χ2v) is 6.13. The highest BCUT2D eigenvalue weighted by Crippen LogP contribution is 2.21. The van der Waals surface area contributed by atoms with Gasteiger partial charge >= 0.3 is 0 Å². The normalized spacial score (nSPS) is 10.8. The van der Waals surface area contributed by atoms with Crippen LogP contribution in [0.4, 0.5) is 17.8 Å². The van der Waals surface area contributed by atoms with Gasteiger partial charge in [-0.3, -0.25) is 5.43 Å². The summed E-state index contributed by atoms with van der Waals surface area (Å²) in [5.41, 5.74) is 2.50. The summed E-state index contributed by atoms with van der Waals surface area (Å²) in [5, 5.41) is 2.07. The second-order valence-electron chi connectivity index (χ2n) is 5.10. The molecule has 0 amide bonds. The summed E-state index contributed by atoms with van der Waals surface area (Å²) in [6.07, 6.45) is 0. The zero-order chi connectivity index (χ0) is 15.4. The van der Waals surface area contributed by atoms with Gasteiger partial charge in [0.15, 0.2) is 0 Å². The summed E-state index contributed by atoms with van der Waals surface area (Å²) >= 11 is 1.72. The smallest absolute Gasteiger partial charge is 0.243 e. The molecule has 21 heavy (non-hydrogen) atoms. The van der Waals surface area contributed by atoms with Crippen LogP contribution in [0.3, 0.4) is 0 Å². The van der Waals surface area contributed by atoms with Crippen molar-refractivity contribution in [3.63, 3.8) is 0 Å². The minimum atomic E-state index is 0.259. The van der Waals surface area contributed by atoms with Crippen LogP contribution in [0.5, 0.6) is 0 Å². The van der Waals surface area contributed by atoms with Crippen molar-refractivity contribution < 1.29 is 0 Å². The van der Waals surface area contributed by atoms with Gasteiger partial charge in [0.2, 0.25) is 17.8 Å². The lowest BCUT2D eigenvalue weighted by Gasteiger charge is -2.27. The van der Waals surface area contributed by atoms with Crippen molar-refractivity contribution in [1.29, 1.82) is 0 Å². The first kappa shape index (κ1) is 15.5. The van der Waals surface area contributed by atoms with Gasteiger partial charge in [0, 0.05) is 25.0 Å². The Morgan fingerprint density at radius 2 is 1.95 bits per heavy atom. The monoisotopic (exact) mass is 307 g/mol. The van der Waals surface area contributed by atoms with Crippen LogP contribution < -0.4 is 21.1 Å². The Bertz CT molecular complexity index is 568. The molecule has 0 aliphatic rings. The molecule has 3 N–H and O–H groups in total. The van der Waals surface area contributed by atoms with Crippen molar-refractivity contribution in [2.24, 2.45) is 5.84 Å². The molecular formula is C13H21N7S. The molecule has 0 fully saturated rings. The average Bonchev–Trinajstić information content (AvgIpc) is 2.96. The number of anilines is 3. The zero-order valence-electron chi connectivity index (χ0n) is 12.7. The van der Waals surface area contributed by atoms with Gasteiger partial charge in [0.1, 0.15) is 0 Å². The first-order valence-electron chi connectivity index (χ1n) is 6.70. The Kier molecular flexibility index (Phi) is 4.92. The molecule has 2 heterocycles. The van der Waals surface area contributed by atoms with E-state index in [0.29, 0.717) is 17.8 Å². The van der Waals surface area contributed by atoms with Gasteiger partial charge in [0.25, 0.3) is 0 Å². The number of hydrogen-bond donors (Lipinski definition) is 2. The number of nitrogens with one attached hydrogen (secondary N) is 1. The Morgan fingerprint density at radius 3 is 2.48 bits per heavy atom. The predicted molar refractivity (Wildman–Crippen MR) is 87.6 cm³/mol. The number of rotatable bonds is 6. The van der Waals surface area contributed by atoms with E-state index in [0.717, 1.165) is 6.54 Å². The highest BCUT2D eigenvalue weighted by Gasteiger charge is 2.18. The summed E-state index contributed by atoms with van der Waals surface area (Å²) in [6.45, 7) is 4.99. The van der Waals surface area contributed by atoms with E-state index < -0.39 is 0 Å². The Morgan fingerprint density at radius 1 is 1.24 bits per heavy atom. The molecule has 114 valence electrons. The number of hydrazine groups is 1.